The molecule has 2 aromatic rings. The van der Waals surface area contributed by atoms with E-state index in [0.717, 1.165) is 29.9 Å². The minimum Gasteiger partial charge on any atom is -0.384 e. The van der Waals surface area contributed by atoms with E-state index in [9.17, 15) is 8.42 Å². The van der Waals surface area contributed by atoms with Crippen molar-refractivity contribution in [1.82, 2.24) is 9.78 Å². The number of anilines is 2. The summed E-state index contributed by atoms with van der Waals surface area (Å²) in [6.45, 7) is 2.80. The highest BCUT2D eigenvalue weighted by atomic mass is 32.2. The van der Waals surface area contributed by atoms with E-state index in [2.05, 4.69) is 15.1 Å². The molecule has 1 aromatic carbocycles. The molecule has 3 rings (SSSR count). The zero-order valence-corrected chi connectivity index (χ0v) is 12.9. The Kier molecular flexibility index (Phi) is 3.36. The van der Waals surface area contributed by atoms with Gasteiger partial charge in [-0.15, -0.1) is 0 Å². The van der Waals surface area contributed by atoms with Gasteiger partial charge in [-0.2, -0.15) is 5.10 Å². The molecule has 2 heterocycles. The third kappa shape index (κ3) is 2.61. The monoisotopic (exact) mass is 306 g/mol. The molecule has 1 aromatic heterocycles. The second-order valence-electron chi connectivity index (χ2n) is 5.12. The van der Waals surface area contributed by atoms with Crippen LogP contribution in [0.15, 0.2) is 29.3 Å². The lowest BCUT2D eigenvalue weighted by Crippen LogP contribution is -2.13. The molecule has 112 valence electrons. The maximum Gasteiger partial charge on any atom is 0.262 e. The Morgan fingerprint density at radius 1 is 1.43 bits per heavy atom. The summed E-state index contributed by atoms with van der Waals surface area (Å²) in [7, 11) is -1.82. The molecule has 7 heteroatoms. The molecule has 0 saturated carbocycles. The van der Waals surface area contributed by atoms with E-state index in [1.807, 2.05) is 13.0 Å². The van der Waals surface area contributed by atoms with Gasteiger partial charge in [0.25, 0.3) is 10.0 Å². The summed E-state index contributed by atoms with van der Waals surface area (Å²) in [5.41, 5.74) is 3.33. The number of fused-ring (bicyclic) bond motifs is 1. The predicted octanol–water partition coefficient (Wildman–Crippen LogP) is 1.75. The van der Waals surface area contributed by atoms with Crippen molar-refractivity contribution in [2.45, 2.75) is 24.7 Å². The van der Waals surface area contributed by atoms with Crippen LogP contribution in [0.25, 0.3) is 0 Å². The van der Waals surface area contributed by atoms with Crippen LogP contribution in [-0.4, -0.2) is 24.7 Å². The Labute approximate surface area is 124 Å². The van der Waals surface area contributed by atoms with E-state index in [1.165, 1.54) is 0 Å². The van der Waals surface area contributed by atoms with Gasteiger partial charge in [-0.1, -0.05) is 13.0 Å². The number of aromatic nitrogens is 2. The Balaban J connectivity index is 1.93. The SMILES string of the molecule is CCc1nn(C)cc1NS(=O)(=O)c1ccc2c(c1)NCC2. The number of nitrogens with zero attached hydrogens (tertiary/aromatic N) is 2. The van der Waals surface area contributed by atoms with Gasteiger partial charge < -0.3 is 5.32 Å². The van der Waals surface area contributed by atoms with Gasteiger partial charge in [-0.05, 0) is 30.5 Å². The molecule has 0 fully saturated rings. The largest absolute Gasteiger partial charge is 0.384 e. The molecule has 0 unspecified atom stereocenters. The number of sulfonamides is 1. The lowest BCUT2D eigenvalue weighted by Gasteiger charge is -2.09. The van der Waals surface area contributed by atoms with E-state index in [0.29, 0.717) is 12.1 Å². The van der Waals surface area contributed by atoms with Crippen LogP contribution >= 0.6 is 0 Å². The standard InChI is InChI=1S/C14H18N4O2S/c1-3-12-14(9-18(2)16-12)17-21(19,20)11-5-4-10-6-7-15-13(10)8-11/h4-5,8-9,15,17H,3,6-7H2,1-2H3. The van der Waals surface area contributed by atoms with Gasteiger partial charge in [0, 0.05) is 25.5 Å². The lowest BCUT2D eigenvalue weighted by atomic mass is 10.2. The molecule has 2 N–H and O–H groups in total. The fraction of sp³-hybridized carbons (Fsp3) is 0.357. The predicted molar refractivity (Wildman–Crippen MR) is 82.0 cm³/mol. The fourth-order valence-corrected chi connectivity index (χ4v) is 3.62. The number of nitrogens with one attached hydrogen (secondary N) is 2. The summed E-state index contributed by atoms with van der Waals surface area (Å²) in [6.07, 6.45) is 3.29. The molecule has 0 bridgehead atoms. The zero-order chi connectivity index (χ0) is 15.0. The highest BCUT2D eigenvalue weighted by molar-refractivity contribution is 7.92. The normalized spacial score (nSPS) is 13.8. The van der Waals surface area contributed by atoms with Crippen molar-refractivity contribution in [1.29, 1.82) is 0 Å². The van der Waals surface area contributed by atoms with Gasteiger partial charge in [0.05, 0.1) is 16.3 Å². The second kappa shape index (κ2) is 5.07. The van der Waals surface area contributed by atoms with Crippen molar-refractivity contribution >= 4 is 21.4 Å². The molecule has 21 heavy (non-hydrogen) atoms. The van der Waals surface area contributed by atoms with Crippen molar-refractivity contribution < 1.29 is 8.42 Å². The average molecular weight is 306 g/mol. The first-order chi connectivity index (χ1) is 9.99. The Bertz CT molecular complexity index is 780. The highest BCUT2D eigenvalue weighted by Gasteiger charge is 2.20. The molecule has 0 radical (unpaired) electrons. The lowest BCUT2D eigenvalue weighted by molar-refractivity contribution is 0.601. The first kappa shape index (κ1) is 13.9. The first-order valence-corrected chi connectivity index (χ1v) is 8.40. The Hall–Kier alpha value is -2.02. The van der Waals surface area contributed by atoms with E-state index in [-0.39, 0.29) is 4.90 Å². The number of benzene rings is 1. The molecule has 0 saturated heterocycles. The topological polar surface area (TPSA) is 76.0 Å². The fourth-order valence-electron chi connectivity index (χ4n) is 2.52. The van der Waals surface area contributed by atoms with Crippen LogP contribution in [0.5, 0.6) is 0 Å². The van der Waals surface area contributed by atoms with E-state index in [1.54, 1.807) is 30.1 Å². The average Bonchev–Trinajstić information content (AvgIpc) is 3.03. The first-order valence-electron chi connectivity index (χ1n) is 6.92. The van der Waals surface area contributed by atoms with E-state index >= 15 is 0 Å². The van der Waals surface area contributed by atoms with E-state index < -0.39 is 10.0 Å². The van der Waals surface area contributed by atoms with Crippen molar-refractivity contribution in [3.05, 3.63) is 35.7 Å². The number of hydrogen-bond donors (Lipinski definition) is 2. The van der Waals surface area contributed by atoms with Gasteiger partial charge in [0.2, 0.25) is 0 Å². The third-order valence-corrected chi connectivity index (χ3v) is 4.95. The summed E-state index contributed by atoms with van der Waals surface area (Å²) >= 11 is 0. The Morgan fingerprint density at radius 3 is 3.00 bits per heavy atom. The van der Waals surface area contributed by atoms with Gasteiger partial charge in [0.1, 0.15) is 0 Å². The summed E-state index contributed by atoms with van der Waals surface area (Å²) in [6, 6.07) is 5.21. The van der Waals surface area contributed by atoms with Crippen molar-refractivity contribution in [2.24, 2.45) is 7.05 Å². The maximum atomic E-state index is 12.5. The molecule has 0 aliphatic carbocycles. The van der Waals surface area contributed by atoms with Crippen LogP contribution in [0.3, 0.4) is 0 Å². The molecule has 0 amide bonds. The number of aryl methyl sites for hydroxylation is 2. The molecule has 6 nitrogen and oxygen atoms in total. The van der Waals surface area contributed by atoms with Crippen molar-refractivity contribution in [3.8, 4) is 0 Å². The van der Waals surface area contributed by atoms with Crippen LogP contribution in [0, 0.1) is 0 Å². The second-order valence-corrected chi connectivity index (χ2v) is 6.80. The Morgan fingerprint density at radius 2 is 2.24 bits per heavy atom. The van der Waals surface area contributed by atoms with Crippen molar-refractivity contribution in [3.63, 3.8) is 0 Å². The van der Waals surface area contributed by atoms with Crippen LogP contribution in [0.4, 0.5) is 11.4 Å². The summed E-state index contributed by atoms with van der Waals surface area (Å²) in [5.74, 6) is 0. The quantitative estimate of drug-likeness (QED) is 0.902. The number of rotatable bonds is 4. The minimum atomic E-state index is -3.60. The molecule has 0 spiro atoms. The van der Waals surface area contributed by atoms with Gasteiger partial charge >= 0.3 is 0 Å². The molecule has 0 atom stereocenters. The number of hydrogen-bond acceptors (Lipinski definition) is 4. The van der Waals surface area contributed by atoms with Gasteiger partial charge in [-0.25, -0.2) is 8.42 Å². The third-order valence-electron chi connectivity index (χ3n) is 3.59. The minimum absolute atomic E-state index is 0.265. The molecular weight excluding hydrogens is 288 g/mol. The van der Waals surface area contributed by atoms with Crippen LogP contribution in [-0.2, 0) is 29.9 Å². The molecule has 1 aliphatic heterocycles. The smallest absolute Gasteiger partial charge is 0.262 e. The van der Waals surface area contributed by atoms with Crippen molar-refractivity contribution in [2.75, 3.05) is 16.6 Å². The highest BCUT2D eigenvalue weighted by Crippen LogP contribution is 2.27. The van der Waals surface area contributed by atoms with Gasteiger partial charge in [-0.3, -0.25) is 9.40 Å². The summed E-state index contributed by atoms with van der Waals surface area (Å²) in [5, 5.41) is 7.44. The van der Waals surface area contributed by atoms with Crippen LogP contribution in [0.1, 0.15) is 18.2 Å². The summed E-state index contributed by atoms with van der Waals surface area (Å²) < 4.78 is 29.2. The summed E-state index contributed by atoms with van der Waals surface area (Å²) in [4.78, 5) is 0.265. The zero-order valence-electron chi connectivity index (χ0n) is 12.0. The molecule has 1 aliphatic rings. The maximum absolute atomic E-state index is 12.5. The van der Waals surface area contributed by atoms with Crippen LogP contribution < -0.4 is 10.0 Å². The van der Waals surface area contributed by atoms with E-state index in [4.69, 9.17) is 0 Å². The van der Waals surface area contributed by atoms with Crippen LogP contribution in [0.2, 0.25) is 0 Å². The van der Waals surface area contributed by atoms with Gasteiger partial charge in [0.15, 0.2) is 0 Å². The molecular formula is C14H18N4O2S.